The number of rotatable bonds is 6. The first kappa shape index (κ1) is 22.9. The van der Waals surface area contributed by atoms with Crippen LogP contribution in [0, 0.1) is 0 Å². The Morgan fingerprint density at radius 3 is 2.45 bits per heavy atom. The molecular formula is C20H17Cl2F3N4O2. The molecule has 2 heterocycles. The highest BCUT2D eigenvalue weighted by Crippen LogP contribution is 2.34. The van der Waals surface area contributed by atoms with E-state index in [0.29, 0.717) is 29.1 Å². The van der Waals surface area contributed by atoms with Gasteiger partial charge >= 0.3 is 6.18 Å². The van der Waals surface area contributed by atoms with Crippen molar-refractivity contribution in [1.29, 1.82) is 0 Å². The maximum Gasteiger partial charge on any atom is 0.417 e. The molecule has 11 heteroatoms. The van der Waals surface area contributed by atoms with Crippen LogP contribution in [-0.4, -0.2) is 20.7 Å². The largest absolute Gasteiger partial charge is 0.438 e. The van der Waals surface area contributed by atoms with Crippen LogP contribution in [0.25, 0.3) is 0 Å². The summed E-state index contributed by atoms with van der Waals surface area (Å²) in [5, 5.41) is 7.05. The number of hydrogen-bond acceptors (Lipinski definition) is 4. The number of nitrogens with zero attached hydrogens (tertiary/aromatic N) is 3. The van der Waals surface area contributed by atoms with E-state index in [9.17, 15) is 18.0 Å². The Morgan fingerprint density at radius 1 is 1.23 bits per heavy atom. The summed E-state index contributed by atoms with van der Waals surface area (Å²) in [6.45, 7) is 2.12. The summed E-state index contributed by atoms with van der Waals surface area (Å²) < 4.78 is 45.0. The van der Waals surface area contributed by atoms with Crippen LogP contribution < -0.4 is 10.1 Å². The molecular weight excluding hydrogens is 456 g/mol. The summed E-state index contributed by atoms with van der Waals surface area (Å²) in [4.78, 5) is 16.1. The number of aryl methyl sites for hydroxylation is 2. The molecule has 0 bridgehead atoms. The molecule has 0 saturated heterocycles. The minimum absolute atomic E-state index is 0.145. The molecule has 0 aliphatic rings. The highest BCUT2D eigenvalue weighted by molar-refractivity contribution is 6.34. The molecule has 0 saturated carbocycles. The van der Waals surface area contributed by atoms with E-state index < -0.39 is 11.7 Å². The molecule has 2 aromatic heterocycles. The molecule has 0 spiro atoms. The number of benzene rings is 1. The van der Waals surface area contributed by atoms with Crippen molar-refractivity contribution in [3.05, 3.63) is 69.1 Å². The molecule has 164 valence electrons. The first-order valence-electron chi connectivity index (χ1n) is 9.09. The van der Waals surface area contributed by atoms with Gasteiger partial charge in [-0.25, -0.2) is 4.98 Å². The highest BCUT2D eigenvalue weighted by atomic mass is 35.5. The number of ether oxygens (including phenoxy) is 1. The second kappa shape index (κ2) is 9.15. The lowest BCUT2D eigenvalue weighted by Gasteiger charge is -2.11. The average molecular weight is 473 g/mol. The minimum atomic E-state index is -4.54. The molecule has 0 fully saturated rings. The van der Waals surface area contributed by atoms with Crippen molar-refractivity contribution >= 4 is 29.1 Å². The number of halogens is 5. The molecule has 31 heavy (non-hydrogen) atoms. The number of amides is 1. The topological polar surface area (TPSA) is 69.0 Å². The molecule has 0 radical (unpaired) electrons. The molecule has 0 unspecified atom stereocenters. The molecule has 0 aliphatic heterocycles. The van der Waals surface area contributed by atoms with Crippen LogP contribution in [-0.2, 0) is 26.2 Å². The van der Waals surface area contributed by atoms with Crippen LogP contribution in [0.15, 0.2) is 36.5 Å². The number of alkyl halides is 3. The third-order valence-corrected chi connectivity index (χ3v) is 5.00. The smallest absolute Gasteiger partial charge is 0.417 e. The summed E-state index contributed by atoms with van der Waals surface area (Å²) in [5.74, 6) is -0.180. The van der Waals surface area contributed by atoms with Crippen LogP contribution in [0.1, 0.15) is 34.2 Å². The van der Waals surface area contributed by atoms with Gasteiger partial charge in [-0.05, 0) is 30.2 Å². The van der Waals surface area contributed by atoms with Crippen molar-refractivity contribution in [1.82, 2.24) is 20.1 Å². The molecule has 1 amide bonds. The van der Waals surface area contributed by atoms with Crippen molar-refractivity contribution in [3.8, 4) is 11.6 Å². The molecule has 6 nitrogen and oxygen atoms in total. The second-order valence-electron chi connectivity index (χ2n) is 6.52. The van der Waals surface area contributed by atoms with Gasteiger partial charge in [0.15, 0.2) is 0 Å². The number of pyridine rings is 1. The molecule has 1 N–H and O–H groups in total. The molecule has 3 aromatic rings. The van der Waals surface area contributed by atoms with Gasteiger partial charge in [-0.1, -0.05) is 42.3 Å². The first-order chi connectivity index (χ1) is 14.6. The second-order valence-corrected chi connectivity index (χ2v) is 7.31. The Labute approximate surface area is 185 Å². The Kier molecular flexibility index (Phi) is 6.76. The van der Waals surface area contributed by atoms with Crippen molar-refractivity contribution < 1.29 is 22.7 Å². The van der Waals surface area contributed by atoms with Gasteiger partial charge in [0.05, 0.1) is 16.3 Å². The zero-order valence-corrected chi connectivity index (χ0v) is 17.9. The predicted octanol–water partition coefficient (Wildman–Crippen LogP) is 5.43. The Morgan fingerprint density at radius 2 is 1.90 bits per heavy atom. The van der Waals surface area contributed by atoms with Crippen LogP contribution in [0.3, 0.4) is 0 Å². The number of carbonyl (C=O) groups excluding carboxylic acids is 1. The van der Waals surface area contributed by atoms with Gasteiger partial charge < -0.3 is 10.1 Å². The van der Waals surface area contributed by atoms with Crippen molar-refractivity contribution in [2.24, 2.45) is 7.05 Å². The van der Waals surface area contributed by atoms with E-state index in [1.54, 1.807) is 31.3 Å². The van der Waals surface area contributed by atoms with E-state index in [-0.39, 0.29) is 29.0 Å². The third-order valence-electron chi connectivity index (χ3n) is 4.33. The maximum atomic E-state index is 12.7. The fourth-order valence-electron chi connectivity index (χ4n) is 2.73. The van der Waals surface area contributed by atoms with E-state index in [4.69, 9.17) is 27.9 Å². The van der Waals surface area contributed by atoms with Gasteiger partial charge in [-0.15, -0.1) is 0 Å². The number of nitrogens with one attached hydrogen (secondary N) is 1. The highest BCUT2D eigenvalue weighted by Gasteiger charge is 2.31. The van der Waals surface area contributed by atoms with E-state index in [1.807, 2.05) is 6.92 Å². The van der Waals surface area contributed by atoms with Gasteiger partial charge in [-0.2, -0.15) is 18.3 Å². The SMILES string of the molecule is CCc1nn(C)c(C(=O)NCc2ccc(Oc3ncc(C(F)(F)F)cc3Cl)cc2)c1Cl. The van der Waals surface area contributed by atoms with Crippen LogP contribution in [0.5, 0.6) is 11.6 Å². The van der Waals surface area contributed by atoms with E-state index in [0.717, 1.165) is 11.6 Å². The predicted molar refractivity (Wildman–Crippen MR) is 110 cm³/mol. The Bertz CT molecular complexity index is 1100. The fraction of sp³-hybridized carbons (Fsp3) is 0.250. The lowest BCUT2D eigenvalue weighted by atomic mass is 10.2. The summed E-state index contributed by atoms with van der Waals surface area (Å²) >= 11 is 12.1. The van der Waals surface area contributed by atoms with Gasteiger partial charge in [0.1, 0.15) is 16.5 Å². The normalized spacial score (nSPS) is 11.5. The lowest BCUT2D eigenvalue weighted by Crippen LogP contribution is -2.25. The number of aromatic nitrogens is 3. The van der Waals surface area contributed by atoms with Crippen LogP contribution in [0.2, 0.25) is 10.0 Å². The monoisotopic (exact) mass is 472 g/mol. The zero-order valence-electron chi connectivity index (χ0n) is 16.4. The van der Waals surface area contributed by atoms with Gasteiger partial charge in [0.25, 0.3) is 5.91 Å². The van der Waals surface area contributed by atoms with E-state index >= 15 is 0 Å². The first-order valence-corrected chi connectivity index (χ1v) is 9.84. The average Bonchev–Trinajstić information content (AvgIpc) is 3.01. The van der Waals surface area contributed by atoms with E-state index in [2.05, 4.69) is 15.4 Å². The van der Waals surface area contributed by atoms with Gasteiger partial charge in [0.2, 0.25) is 5.88 Å². The maximum absolute atomic E-state index is 12.7. The standard InChI is InChI=1S/C20H17Cl2F3N4O2/c1-3-15-16(22)17(29(2)28-15)18(30)26-9-11-4-6-13(7-5-11)31-19-14(21)8-12(10-27-19)20(23,24)25/h4-8,10H,3,9H2,1-2H3,(H,26,30). The quantitative estimate of drug-likeness (QED) is 0.519. The number of carbonyl (C=O) groups is 1. The summed E-state index contributed by atoms with van der Waals surface area (Å²) in [5.41, 5.74) is 0.726. The van der Waals surface area contributed by atoms with Gasteiger partial charge in [-0.3, -0.25) is 9.48 Å². The summed E-state index contributed by atoms with van der Waals surface area (Å²) in [6, 6.07) is 7.31. The molecule has 0 aliphatic carbocycles. The van der Waals surface area contributed by atoms with Crippen LogP contribution in [0.4, 0.5) is 13.2 Å². The Balaban J connectivity index is 1.63. The van der Waals surface area contributed by atoms with Crippen LogP contribution >= 0.6 is 23.2 Å². The van der Waals surface area contributed by atoms with Gasteiger partial charge in [0, 0.05) is 19.8 Å². The summed E-state index contributed by atoms with van der Waals surface area (Å²) in [6.07, 6.45) is -3.28. The number of hydrogen-bond donors (Lipinski definition) is 1. The lowest BCUT2D eigenvalue weighted by molar-refractivity contribution is -0.137. The Hall–Kier alpha value is -2.78. The van der Waals surface area contributed by atoms with E-state index in [1.165, 1.54) is 4.68 Å². The molecule has 0 atom stereocenters. The minimum Gasteiger partial charge on any atom is -0.438 e. The molecule has 1 aromatic carbocycles. The third kappa shape index (κ3) is 5.29. The van der Waals surface area contributed by atoms with Crippen molar-refractivity contribution in [2.45, 2.75) is 26.1 Å². The van der Waals surface area contributed by atoms with Crippen molar-refractivity contribution in [3.63, 3.8) is 0 Å². The molecule has 3 rings (SSSR count). The fourth-order valence-corrected chi connectivity index (χ4v) is 3.32. The van der Waals surface area contributed by atoms with Crippen molar-refractivity contribution in [2.75, 3.05) is 0 Å². The zero-order chi connectivity index (χ0) is 22.8. The summed E-state index contributed by atoms with van der Waals surface area (Å²) in [7, 11) is 1.65.